The number of benzene rings is 1. The molecule has 1 atom stereocenters. The first-order valence-electron chi connectivity index (χ1n) is 7.72. The average molecular weight is 347 g/mol. The van der Waals surface area contributed by atoms with Crippen LogP contribution in [-0.4, -0.2) is 4.83 Å². The maximum absolute atomic E-state index is 13.5. The van der Waals surface area contributed by atoms with Crippen LogP contribution in [0.1, 0.15) is 63.9 Å². The van der Waals surface area contributed by atoms with Crippen LogP contribution >= 0.6 is 15.9 Å². The van der Waals surface area contributed by atoms with Crippen molar-refractivity contribution < 1.29 is 8.78 Å². The van der Waals surface area contributed by atoms with Crippen molar-refractivity contribution in [2.75, 3.05) is 0 Å². The van der Waals surface area contributed by atoms with Crippen molar-refractivity contribution in [1.29, 1.82) is 0 Å². The van der Waals surface area contributed by atoms with E-state index in [4.69, 9.17) is 0 Å². The lowest BCUT2D eigenvalue weighted by molar-refractivity contribution is 0.539. The van der Waals surface area contributed by atoms with Gasteiger partial charge in [0.05, 0.1) is 0 Å². The highest BCUT2D eigenvalue weighted by atomic mass is 79.9. The minimum atomic E-state index is -0.436. The van der Waals surface area contributed by atoms with Crippen LogP contribution in [-0.2, 0) is 6.42 Å². The van der Waals surface area contributed by atoms with Crippen molar-refractivity contribution in [1.82, 2.24) is 0 Å². The van der Waals surface area contributed by atoms with Crippen molar-refractivity contribution >= 4 is 15.9 Å². The van der Waals surface area contributed by atoms with Gasteiger partial charge >= 0.3 is 0 Å². The molecule has 0 amide bonds. The Morgan fingerprint density at radius 2 is 1.50 bits per heavy atom. The van der Waals surface area contributed by atoms with Gasteiger partial charge in [-0.2, -0.15) is 0 Å². The normalized spacial score (nSPS) is 12.6. The molecule has 1 aromatic rings. The molecule has 0 spiro atoms. The molecule has 0 aromatic heterocycles. The monoisotopic (exact) mass is 346 g/mol. The van der Waals surface area contributed by atoms with Crippen LogP contribution in [0.2, 0.25) is 0 Å². The Labute approximate surface area is 130 Å². The van der Waals surface area contributed by atoms with E-state index < -0.39 is 11.6 Å². The van der Waals surface area contributed by atoms with Gasteiger partial charge in [-0.05, 0) is 25.0 Å². The maximum Gasteiger partial charge on any atom is 0.129 e. The molecule has 1 unspecified atom stereocenters. The van der Waals surface area contributed by atoms with Crippen LogP contribution in [0.25, 0.3) is 0 Å². The SMILES string of the molecule is CCCCCCCCCC(Br)Cc1c(F)cccc1F. The van der Waals surface area contributed by atoms with Crippen LogP contribution in [0.3, 0.4) is 0 Å². The zero-order valence-corrected chi connectivity index (χ0v) is 13.9. The minimum Gasteiger partial charge on any atom is -0.207 e. The van der Waals surface area contributed by atoms with E-state index in [0.717, 1.165) is 12.8 Å². The van der Waals surface area contributed by atoms with E-state index in [-0.39, 0.29) is 10.4 Å². The van der Waals surface area contributed by atoms with E-state index in [0.29, 0.717) is 6.42 Å². The highest BCUT2D eigenvalue weighted by Crippen LogP contribution is 2.21. The lowest BCUT2D eigenvalue weighted by Gasteiger charge is -2.11. The van der Waals surface area contributed by atoms with Gasteiger partial charge in [0.15, 0.2) is 0 Å². The molecule has 0 saturated carbocycles. The number of hydrogen-bond donors (Lipinski definition) is 0. The third-order valence-corrected chi connectivity index (χ3v) is 4.39. The van der Waals surface area contributed by atoms with Gasteiger partial charge in [-0.25, -0.2) is 8.78 Å². The van der Waals surface area contributed by atoms with E-state index >= 15 is 0 Å². The predicted octanol–water partition coefficient (Wildman–Crippen LogP) is 6.41. The molecule has 3 heteroatoms. The molecule has 0 aliphatic heterocycles. The summed E-state index contributed by atoms with van der Waals surface area (Å²) in [7, 11) is 0. The highest BCUT2D eigenvalue weighted by Gasteiger charge is 2.13. The molecule has 0 heterocycles. The number of unbranched alkanes of at least 4 members (excludes halogenated alkanes) is 6. The molecule has 0 aliphatic rings. The molecule has 0 fully saturated rings. The maximum atomic E-state index is 13.5. The summed E-state index contributed by atoms with van der Waals surface area (Å²) in [5.41, 5.74) is 0.206. The minimum absolute atomic E-state index is 0.157. The van der Waals surface area contributed by atoms with Crippen molar-refractivity contribution in [2.24, 2.45) is 0 Å². The van der Waals surface area contributed by atoms with E-state index in [1.165, 1.54) is 56.7 Å². The lowest BCUT2D eigenvalue weighted by atomic mass is 10.0. The first-order valence-corrected chi connectivity index (χ1v) is 8.63. The average Bonchev–Trinajstić information content (AvgIpc) is 2.42. The Kier molecular flexibility index (Phi) is 9.08. The Morgan fingerprint density at radius 3 is 2.10 bits per heavy atom. The summed E-state index contributed by atoms with van der Waals surface area (Å²) in [6.45, 7) is 2.22. The number of rotatable bonds is 10. The molecule has 1 aromatic carbocycles. The van der Waals surface area contributed by atoms with E-state index in [2.05, 4.69) is 22.9 Å². The van der Waals surface area contributed by atoms with Crippen LogP contribution in [0.15, 0.2) is 18.2 Å². The predicted molar refractivity (Wildman–Crippen MR) is 85.4 cm³/mol. The van der Waals surface area contributed by atoms with Gasteiger partial charge in [0.2, 0.25) is 0 Å². The second kappa shape index (κ2) is 10.3. The van der Waals surface area contributed by atoms with Gasteiger partial charge in [-0.1, -0.05) is 73.9 Å². The third kappa shape index (κ3) is 6.83. The Morgan fingerprint density at radius 1 is 0.950 bits per heavy atom. The second-order valence-electron chi connectivity index (χ2n) is 5.41. The lowest BCUT2D eigenvalue weighted by Crippen LogP contribution is -2.06. The van der Waals surface area contributed by atoms with Crippen molar-refractivity contribution in [3.63, 3.8) is 0 Å². The Hall–Kier alpha value is -0.440. The van der Waals surface area contributed by atoms with Gasteiger partial charge in [-0.3, -0.25) is 0 Å². The zero-order chi connectivity index (χ0) is 14.8. The van der Waals surface area contributed by atoms with Gasteiger partial charge < -0.3 is 0 Å². The summed E-state index contributed by atoms with van der Waals surface area (Å²) in [6.07, 6.45) is 10.2. The number of alkyl halides is 1. The molecule has 1 rings (SSSR count). The van der Waals surface area contributed by atoms with Gasteiger partial charge in [0, 0.05) is 10.4 Å². The fourth-order valence-corrected chi connectivity index (χ4v) is 3.02. The Bertz CT molecular complexity index is 359. The topological polar surface area (TPSA) is 0 Å². The molecule has 0 N–H and O–H groups in total. The van der Waals surface area contributed by atoms with Crippen LogP contribution in [0.4, 0.5) is 8.78 Å². The van der Waals surface area contributed by atoms with E-state index in [9.17, 15) is 8.78 Å². The molecule has 0 aliphatic carbocycles. The summed E-state index contributed by atoms with van der Waals surface area (Å²) in [5, 5.41) is 0. The van der Waals surface area contributed by atoms with Crippen LogP contribution < -0.4 is 0 Å². The van der Waals surface area contributed by atoms with Crippen molar-refractivity contribution in [2.45, 2.75) is 69.5 Å². The van der Waals surface area contributed by atoms with E-state index in [1.54, 1.807) is 0 Å². The van der Waals surface area contributed by atoms with E-state index in [1.807, 2.05) is 0 Å². The van der Waals surface area contributed by atoms with Crippen LogP contribution in [0, 0.1) is 11.6 Å². The standard InChI is InChI=1S/C17H25BrF2/c1-2-3-4-5-6-7-8-10-14(18)13-15-16(19)11-9-12-17(15)20/h9,11-12,14H,2-8,10,13H2,1H3. The molecule has 0 saturated heterocycles. The largest absolute Gasteiger partial charge is 0.207 e. The second-order valence-corrected chi connectivity index (χ2v) is 6.71. The fraction of sp³-hybridized carbons (Fsp3) is 0.647. The molecule has 20 heavy (non-hydrogen) atoms. The van der Waals surface area contributed by atoms with Crippen molar-refractivity contribution in [3.05, 3.63) is 35.4 Å². The molecular formula is C17H25BrF2. The molecule has 114 valence electrons. The third-order valence-electron chi connectivity index (χ3n) is 3.61. The molecular weight excluding hydrogens is 322 g/mol. The number of halogens is 3. The number of hydrogen-bond acceptors (Lipinski definition) is 0. The molecule has 0 radical (unpaired) electrons. The fourth-order valence-electron chi connectivity index (χ4n) is 2.37. The van der Waals surface area contributed by atoms with Gasteiger partial charge in [0.1, 0.15) is 11.6 Å². The first kappa shape index (κ1) is 17.6. The zero-order valence-electron chi connectivity index (χ0n) is 12.3. The van der Waals surface area contributed by atoms with Gasteiger partial charge in [0.25, 0.3) is 0 Å². The quantitative estimate of drug-likeness (QED) is 0.339. The summed E-state index contributed by atoms with van der Waals surface area (Å²) >= 11 is 3.54. The molecule has 0 bridgehead atoms. The summed E-state index contributed by atoms with van der Waals surface area (Å²) in [5.74, 6) is -0.872. The summed E-state index contributed by atoms with van der Waals surface area (Å²) < 4.78 is 27.0. The van der Waals surface area contributed by atoms with Crippen LogP contribution in [0.5, 0.6) is 0 Å². The highest BCUT2D eigenvalue weighted by molar-refractivity contribution is 9.09. The van der Waals surface area contributed by atoms with Crippen molar-refractivity contribution in [3.8, 4) is 0 Å². The van der Waals surface area contributed by atoms with Gasteiger partial charge in [-0.15, -0.1) is 0 Å². The summed E-state index contributed by atoms with van der Waals surface area (Å²) in [4.78, 5) is 0.157. The smallest absolute Gasteiger partial charge is 0.129 e. The summed E-state index contributed by atoms with van der Waals surface area (Å²) in [6, 6.07) is 4.06. The Balaban J connectivity index is 2.19. The first-order chi connectivity index (χ1) is 9.65. The molecule has 0 nitrogen and oxygen atoms in total.